The van der Waals surface area contributed by atoms with Gasteiger partial charge < -0.3 is 10.1 Å². The molecule has 1 N–H and O–H groups in total. The Labute approximate surface area is 111 Å². The molecule has 0 saturated carbocycles. The van der Waals surface area contributed by atoms with Crippen molar-refractivity contribution >= 4 is 11.6 Å². The molecular formula is C15H14FNO2. The molecule has 0 aliphatic heterocycles. The molecule has 0 atom stereocenters. The van der Waals surface area contributed by atoms with Gasteiger partial charge in [-0.05, 0) is 42.8 Å². The number of anilines is 1. The Bertz CT molecular complexity index is 611. The lowest BCUT2D eigenvalue weighted by molar-refractivity contribution is 0.102. The Kier molecular flexibility index (Phi) is 3.80. The number of halogens is 1. The van der Waals surface area contributed by atoms with Crippen molar-refractivity contribution in [1.82, 2.24) is 0 Å². The molecule has 19 heavy (non-hydrogen) atoms. The number of methoxy groups -OCH3 is 1. The van der Waals surface area contributed by atoms with Gasteiger partial charge >= 0.3 is 0 Å². The lowest BCUT2D eigenvalue weighted by Crippen LogP contribution is -2.12. The number of carbonyl (C=O) groups is 1. The van der Waals surface area contributed by atoms with Crippen LogP contribution in [0, 0.1) is 12.7 Å². The lowest BCUT2D eigenvalue weighted by atomic mass is 10.1. The van der Waals surface area contributed by atoms with E-state index in [1.165, 1.54) is 12.1 Å². The molecule has 2 aromatic carbocycles. The van der Waals surface area contributed by atoms with Crippen LogP contribution in [-0.4, -0.2) is 13.0 Å². The van der Waals surface area contributed by atoms with Crippen LogP contribution in [0.5, 0.6) is 5.75 Å². The molecule has 0 radical (unpaired) electrons. The van der Waals surface area contributed by atoms with Crippen molar-refractivity contribution in [3.63, 3.8) is 0 Å². The van der Waals surface area contributed by atoms with Gasteiger partial charge in [-0.2, -0.15) is 0 Å². The lowest BCUT2D eigenvalue weighted by Gasteiger charge is -2.08. The fourth-order valence-electron chi connectivity index (χ4n) is 1.73. The first kappa shape index (κ1) is 13.1. The highest BCUT2D eigenvalue weighted by molar-refractivity contribution is 6.04. The fourth-order valence-corrected chi connectivity index (χ4v) is 1.73. The molecule has 4 heteroatoms. The molecule has 0 saturated heterocycles. The van der Waals surface area contributed by atoms with Crippen LogP contribution >= 0.6 is 0 Å². The monoisotopic (exact) mass is 259 g/mol. The van der Waals surface area contributed by atoms with E-state index in [2.05, 4.69) is 5.32 Å². The standard InChI is InChI=1S/C15H14FNO2/c1-10-6-7-11(8-14(10)19-2)15(18)17-13-5-3-4-12(16)9-13/h3-9H,1-2H3,(H,17,18). The SMILES string of the molecule is COc1cc(C(=O)Nc2cccc(F)c2)ccc1C. The minimum atomic E-state index is -0.390. The second-order valence-electron chi connectivity index (χ2n) is 4.15. The van der Waals surface area contributed by atoms with Gasteiger partial charge in [-0.3, -0.25) is 4.79 Å². The van der Waals surface area contributed by atoms with Crippen molar-refractivity contribution in [2.75, 3.05) is 12.4 Å². The maximum atomic E-state index is 13.0. The zero-order chi connectivity index (χ0) is 13.8. The zero-order valence-electron chi connectivity index (χ0n) is 10.7. The number of hydrogen-bond donors (Lipinski definition) is 1. The van der Waals surface area contributed by atoms with Gasteiger partial charge in [-0.25, -0.2) is 4.39 Å². The molecular weight excluding hydrogens is 245 g/mol. The topological polar surface area (TPSA) is 38.3 Å². The third-order valence-electron chi connectivity index (χ3n) is 2.75. The van der Waals surface area contributed by atoms with Crippen LogP contribution in [0.15, 0.2) is 42.5 Å². The highest BCUT2D eigenvalue weighted by Crippen LogP contribution is 2.20. The van der Waals surface area contributed by atoms with E-state index in [1.807, 2.05) is 6.92 Å². The summed E-state index contributed by atoms with van der Waals surface area (Å²) in [5.74, 6) is -0.0462. The number of hydrogen-bond acceptors (Lipinski definition) is 2. The molecule has 3 nitrogen and oxygen atoms in total. The Morgan fingerprint density at radius 2 is 2.00 bits per heavy atom. The minimum absolute atomic E-state index is 0.302. The largest absolute Gasteiger partial charge is 0.496 e. The Morgan fingerprint density at radius 1 is 1.21 bits per heavy atom. The number of rotatable bonds is 3. The molecule has 0 bridgehead atoms. The van der Waals surface area contributed by atoms with E-state index < -0.39 is 0 Å². The Morgan fingerprint density at radius 3 is 2.68 bits per heavy atom. The van der Waals surface area contributed by atoms with Gasteiger partial charge in [0.15, 0.2) is 0 Å². The summed E-state index contributed by atoms with van der Waals surface area (Å²) in [6.45, 7) is 1.90. The third-order valence-corrected chi connectivity index (χ3v) is 2.75. The van der Waals surface area contributed by atoms with E-state index in [-0.39, 0.29) is 11.7 Å². The second kappa shape index (κ2) is 5.52. The first-order valence-electron chi connectivity index (χ1n) is 5.81. The van der Waals surface area contributed by atoms with Crippen molar-refractivity contribution < 1.29 is 13.9 Å². The molecule has 0 unspecified atom stereocenters. The van der Waals surface area contributed by atoms with Crippen LogP contribution in [0.25, 0.3) is 0 Å². The van der Waals surface area contributed by atoms with Crippen molar-refractivity contribution in [3.05, 3.63) is 59.4 Å². The molecule has 2 aromatic rings. The summed E-state index contributed by atoms with van der Waals surface area (Å²) >= 11 is 0. The van der Waals surface area contributed by atoms with Crippen LogP contribution in [-0.2, 0) is 0 Å². The first-order valence-corrected chi connectivity index (χ1v) is 5.81. The molecule has 1 amide bonds. The van der Waals surface area contributed by atoms with Gasteiger partial charge in [0.2, 0.25) is 0 Å². The van der Waals surface area contributed by atoms with E-state index in [0.717, 1.165) is 5.56 Å². The average Bonchev–Trinajstić information content (AvgIpc) is 2.39. The van der Waals surface area contributed by atoms with E-state index in [0.29, 0.717) is 17.0 Å². The van der Waals surface area contributed by atoms with E-state index in [9.17, 15) is 9.18 Å². The third kappa shape index (κ3) is 3.10. The predicted octanol–water partition coefficient (Wildman–Crippen LogP) is 3.40. The molecule has 98 valence electrons. The molecule has 0 fully saturated rings. The van der Waals surface area contributed by atoms with Crippen molar-refractivity contribution in [3.8, 4) is 5.75 Å². The van der Waals surface area contributed by atoms with Crippen LogP contribution < -0.4 is 10.1 Å². The molecule has 2 rings (SSSR count). The van der Waals surface area contributed by atoms with E-state index in [1.54, 1.807) is 37.4 Å². The number of carbonyl (C=O) groups excluding carboxylic acids is 1. The molecule has 0 aliphatic carbocycles. The first-order chi connectivity index (χ1) is 9.10. The van der Waals surface area contributed by atoms with Crippen molar-refractivity contribution in [2.24, 2.45) is 0 Å². The summed E-state index contributed by atoms with van der Waals surface area (Å²) in [7, 11) is 1.55. The average molecular weight is 259 g/mol. The Hall–Kier alpha value is -2.36. The zero-order valence-corrected chi connectivity index (χ0v) is 10.7. The number of ether oxygens (including phenoxy) is 1. The molecule has 0 aliphatic rings. The van der Waals surface area contributed by atoms with Gasteiger partial charge in [0.25, 0.3) is 5.91 Å². The quantitative estimate of drug-likeness (QED) is 0.917. The van der Waals surface area contributed by atoms with Gasteiger partial charge in [0.05, 0.1) is 7.11 Å². The summed E-state index contributed by atoms with van der Waals surface area (Å²) < 4.78 is 18.2. The molecule has 0 aromatic heterocycles. The van der Waals surface area contributed by atoms with Gasteiger partial charge in [0, 0.05) is 11.3 Å². The van der Waals surface area contributed by atoms with Crippen LogP contribution in [0.3, 0.4) is 0 Å². The van der Waals surface area contributed by atoms with Crippen LogP contribution in [0.4, 0.5) is 10.1 Å². The van der Waals surface area contributed by atoms with Gasteiger partial charge in [0.1, 0.15) is 11.6 Å². The summed E-state index contributed by atoms with van der Waals surface area (Å²) in [4.78, 5) is 12.0. The summed E-state index contributed by atoms with van der Waals surface area (Å²) in [6.07, 6.45) is 0. The van der Waals surface area contributed by atoms with Crippen molar-refractivity contribution in [1.29, 1.82) is 0 Å². The van der Waals surface area contributed by atoms with Gasteiger partial charge in [-0.15, -0.1) is 0 Å². The maximum Gasteiger partial charge on any atom is 0.255 e. The second-order valence-corrected chi connectivity index (χ2v) is 4.15. The highest BCUT2D eigenvalue weighted by atomic mass is 19.1. The van der Waals surface area contributed by atoms with Gasteiger partial charge in [-0.1, -0.05) is 12.1 Å². The number of nitrogens with one attached hydrogen (secondary N) is 1. The van der Waals surface area contributed by atoms with Crippen LogP contribution in [0.1, 0.15) is 15.9 Å². The smallest absolute Gasteiger partial charge is 0.255 e. The maximum absolute atomic E-state index is 13.0. The normalized spacial score (nSPS) is 10.1. The molecule has 0 spiro atoms. The summed E-state index contributed by atoms with van der Waals surface area (Å²) in [5.41, 5.74) is 1.83. The summed E-state index contributed by atoms with van der Waals surface area (Å²) in [5, 5.41) is 2.64. The van der Waals surface area contributed by atoms with Crippen LogP contribution in [0.2, 0.25) is 0 Å². The number of benzene rings is 2. The minimum Gasteiger partial charge on any atom is -0.496 e. The predicted molar refractivity (Wildman–Crippen MR) is 72.1 cm³/mol. The fraction of sp³-hybridized carbons (Fsp3) is 0.133. The Balaban J connectivity index is 2.20. The number of aryl methyl sites for hydroxylation is 1. The number of amides is 1. The molecule has 0 heterocycles. The van der Waals surface area contributed by atoms with E-state index in [4.69, 9.17) is 4.74 Å². The summed E-state index contributed by atoms with van der Waals surface area (Å²) in [6, 6.07) is 10.9. The van der Waals surface area contributed by atoms with E-state index >= 15 is 0 Å². The highest BCUT2D eigenvalue weighted by Gasteiger charge is 2.09. The van der Waals surface area contributed by atoms with Crippen molar-refractivity contribution in [2.45, 2.75) is 6.92 Å².